The van der Waals surface area contributed by atoms with Gasteiger partial charge in [-0.3, -0.25) is 9.78 Å². The van der Waals surface area contributed by atoms with Crippen LogP contribution in [0.4, 0.5) is 17.6 Å². The van der Waals surface area contributed by atoms with Gasteiger partial charge in [-0.2, -0.15) is 0 Å². The van der Waals surface area contributed by atoms with Gasteiger partial charge in [0.15, 0.2) is 11.5 Å². The molecule has 0 fully saturated rings. The molecule has 0 saturated heterocycles. The Bertz CT molecular complexity index is 450. The van der Waals surface area contributed by atoms with Gasteiger partial charge in [0.2, 0.25) is 0 Å². The number of hydrogen-bond acceptors (Lipinski definition) is 4. The normalized spacial score (nSPS) is 11.2. The van der Waals surface area contributed by atoms with Gasteiger partial charge in [-0.25, -0.2) is 4.39 Å². The zero-order valence-electron chi connectivity index (χ0n) is 9.62. The third-order valence-corrected chi connectivity index (χ3v) is 1.96. The van der Waals surface area contributed by atoms with E-state index >= 15 is 0 Å². The van der Waals surface area contributed by atoms with E-state index in [1.165, 1.54) is 0 Å². The predicted molar refractivity (Wildman–Crippen MR) is 53.6 cm³/mol. The molecule has 1 heterocycles. The molecule has 9 heteroatoms. The molecule has 1 aromatic rings. The lowest BCUT2D eigenvalue weighted by Gasteiger charge is -2.15. The minimum Gasteiger partial charge on any atom is -0.493 e. The molecular weight excluding hydrogens is 274 g/mol. The fourth-order valence-electron chi connectivity index (χ4n) is 1.33. The van der Waals surface area contributed by atoms with Crippen molar-refractivity contribution in [1.82, 2.24) is 4.98 Å². The summed E-state index contributed by atoms with van der Waals surface area (Å²) in [6.45, 7) is -1.35. The maximum Gasteiger partial charge on any atom is 0.573 e. The van der Waals surface area contributed by atoms with Crippen molar-refractivity contribution in [2.45, 2.75) is 19.5 Å². The number of carboxylic acid groups (broad SMARTS) is 1. The molecular formula is C10H9F4NO4. The Kier molecular flexibility index (Phi) is 4.52. The van der Waals surface area contributed by atoms with E-state index in [1.54, 1.807) is 0 Å². The van der Waals surface area contributed by atoms with Crippen molar-refractivity contribution in [2.75, 3.05) is 7.11 Å². The molecule has 0 amide bonds. The second kappa shape index (κ2) is 5.72. The molecule has 0 radical (unpaired) electrons. The summed E-state index contributed by atoms with van der Waals surface area (Å²) < 4.78 is 57.4. The van der Waals surface area contributed by atoms with Crippen LogP contribution >= 0.6 is 0 Å². The molecule has 1 rings (SSSR count). The van der Waals surface area contributed by atoms with Crippen molar-refractivity contribution in [1.29, 1.82) is 0 Å². The zero-order chi connectivity index (χ0) is 14.6. The summed E-state index contributed by atoms with van der Waals surface area (Å²) in [7, 11) is 1.05. The first-order valence-electron chi connectivity index (χ1n) is 4.87. The highest BCUT2D eigenvalue weighted by Crippen LogP contribution is 2.35. The van der Waals surface area contributed by atoms with E-state index in [4.69, 9.17) is 5.11 Å². The zero-order valence-corrected chi connectivity index (χ0v) is 9.62. The van der Waals surface area contributed by atoms with Crippen LogP contribution in [0.5, 0.6) is 11.5 Å². The lowest BCUT2D eigenvalue weighted by molar-refractivity contribution is -0.275. The van der Waals surface area contributed by atoms with Gasteiger partial charge < -0.3 is 14.6 Å². The molecule has 0 aliphatic heterocycles. The molecule has 1 N–H and O–H groups in total. The number of pyridine rings is 1. The fraction of sp³-hybridized carbons (Fsp3) is 0.400. The third kappa shape index (κ3) is 4.27. The molecule has 0 unspecified atom stereocenters. The number of aromatic nitrogens is 1. The average Bonchev–Trinajstić information content (AvgIpc) is 2.28. The van der Waals surface area contributed by atoms with E-state index < -0.39 is 42.6 Å². The Morgan fingerprint density at radius 1 is 1.47 bits per heavy atom. The first-order valence-corrected chi connectivity index (χ1v) is 4.87. The number of carboxylic acids is 1. The number of hydrogen-bond donors (Lipinski definition) is 1. The minimum absolute atomic E-state index is 0.133. The Hall–Kier alpha value is -2.06. The van der Waals surface area contributed by atoms with Crippen molar-refractivity contribution >= 4 is 5.97 Å². The number of halogens is 4. The van der Waals surface area contributed by atoms with E-state index in [1.807, 2.05) is 0 Å². The van der Waals surface area contributed by atoms with Crippen LogP contribution in [0.15, 0.2) is 6.07 Å². The van der Waals surface area contributed by atoms with Gasteiger partial charge in [-0.1, -0.05) is 0 Å². The highest BCUT2D eigenvalue weighted by molar-refractivity contribution is 5.70. The van der Waals surface area contributed by atoms with Crippen LogP contribution in [0, 0.1) is 0 Å². The quantitative estimate of drug-likeness (QED) is 0.838. The minimum atomic E-state index is -5.03. The van der Waals surface area contributed by atoms with Gasteiger partial charge in [-0.05, 0) is 0 Å². The molecule has 5 nitrogen and oxygen atoms in total. The molecule has 0 aromatic carbocycles. The largest absolute Gasteiger partial charge is 0.573 e. The van der Waals surface area contributed by atoms with Gasteiger partial charge in [-0.15, -0.1) is 13.2 Å². The summed E-state index contributed by atoms with van der Waals surface area (Å²) >= 11 is 0. The molecule has 19 heavy (non-hydrogen) atoms. The molecule has 0 spiro atoms. The third-order valence-electron chi connectivity index (χ3n) is 1.96. The number of rotatable bonds is 5. The van der Waals surface area contributed by atoms with Crippen molar-refractivity contribution in [3.05, 3.63) is 17.5 Å². The van der Waals surface area contributed by atoms with Crippen LogP contribution in [0.3, 0.4) is 0 Å². The SMILES string of the molecule is COc1cc(CC(=O)O)nc(CF)c1OC(F)(F)F. The van der Waals surface area contributed by atoms with Gasteiger partial charge >= 0.3 is 12.3 Å². The maximum absolute atomic E-state index is 12.7. The summed E-state index contributed by atoms with van der Waals surface area (Å²) in [6.07, 6.45) is -5.61. The summed E-state index contributed by atoms with van der Waals surface area (Å²) in [4.78, 5) is 14.0. The van der Waals surface area contributed by atoms with Gasteiger partial charge in [0.05, 0.1) is 19.2 Å². The van der Waals surface area contributed by atoms with Crippen molar-refractivity contribution in [3.63, 3.8) is 0 Å². The number of ether oxygens (including phenoxy) is 2. The highest BCUT2D eigenvalue weighted by Gasteiger charge is 2.34. The van der Waals surface area contributed by atoms with Crippen LogP contribution in [0.25, 0.3) is 0 Å². The summed E-state index contributed by atoms with van der Waals surface area (Å²) in [5.74, 6) is -2.60. The first-order chi connectivity index (χ1) is 8.76. The van der Waals surface area contributed by atoms with Crippen LogP contribution < -0.4 is 9.47 Å². The standard InChI is InChI=1S/C10H9F4NO4/c1-18-7-2-5(3-8(16)17)15-6(4-11)9(7)19-10(12,13)14/h2H,3-4H2,1H3,(H,16,17). The highest BCUT2D eigenvalue weighted by atomic mass is 19.4. The topological polar surface area (TPSA) is 68.7 Å². The van der Waals surface area contributed by atoms with Crippen LogP contribution in [-0.4, -0.2) is 29.5 Å². The molecule has 0 atom stereocenters. The molecule has 0 bridgehead atoms. The number of aliphatic carboxylic acids is 1. The lowest BCUT2D eigenvalue weighted by Crippen LogP contribution is -2.19. The summed E-state index contributed by atoms with van der Waals surface area (Å²) in [5.41, 5.74) is -0.806. The number of nitrogens with zero attached hydrogens (tertiary/aromatic N) is 1. The number of methoxy groups -OCH3 is 1. The summed E-state index contributed by atoms with van der Waals surface area (Å²) in [5, 5.41) is 8.56. The van der Waals surface area contributed by atoms with E-state index in [0.717, 1.165) is 13.2 Å². The van der Waals surface area contributed by atoms with Crippen LogP contribution in [-0.2, 0) is 17.9 Å². The number of alkyl halides is 4. The molecule has 0 aliphatic rings. The molecule has 0 aliphatic carbocycles. The van der Waals surface area contributed by atoms with E-state index in [2.05, 4.69) is 14.5 Å². The van der Waals surface area contributed by atoms with Gasteiger partial charge in [0.1, 0.15) is 12.4 Å². The second-order valence-electron chi connectivity index (χ2n) is 3.34. The smallest absolute Gasteiger partial charge is 0.493 e. The van der Waals surface area contributed by atoms with Crippen molar-refractivity contribution in [3.8, 4) is 11.5 Å². The van der Waals surface area contributed by atoms with E-state index in [9.17, 15) is 22.4 Å². The Labute approximate surface area is 104 Å². The second-order valence-corrected chi connectivity index (χ2v) is 3.34. The monoisotopic (exact) mass is 283 g/mol. The van der Waals surface area contributed by atoms with Gasteiger partial charge in [0.25, 0.3) is 0 Å². The van der Waals surface area contributed by atoms with Crippen LogP contribution in [0.2, 0.25) is 0 Å². The Morgan fingerprint density at radius 3 is 2.53 bits per heavy atom. The van der Waals surface area contributed by atoms with Crippen molar-refractivity contribution in [2.24, 2.45) is 0 Å². The molecule has 1 aromatic heterocycles. The summed E-state index contributed by atoms with van der Waals surface area (Å²) in [6, 6.07) is 0.953. The first kappa shape index (κ1) is 15.0. The lowest BCUT2D eigenvalue weighted by atomic mass is 10.2. The molecule has 106 valence electrons. The Balaban J connectivity index is 3.25. The van der Waals surface area contributed by atoms with E-state index in [-0.39, 0.29) is 5.69 Å². The molecule has 0 saturated carbocycles. The average molecular weight is 283 g/mol. The maximum atomic E-state index is 12.7. The van der Waals surface area contributed by atoms with Crippen LogP contribution in [0.1, 0.15) is 11.4 Å². The fourth-order valence-corrected chi connectivity index (χ4v) is 1.33. The van der Waals surface area contributed by atoms with Gasteiger partial charge in [0, 0.05) is 6.07 Å². The predicted octanol–water partition coefficient (Wildman–Crippen LogP) is 2.09. The van der Waals surface area contributed by atoms with Crippen molar-refractivity contribution < 1.29 is 36.9 Å². The number of carbonyl (C=O) groups is 1. The Morgan fingerprint density at radius 2 is 2.11 bits per heavy atom. The van der Waals surface area contributed by atoms with E-state index in [0.29, 0.717) is 0 Å².